The van der Waals surface area contributed by atoms with Crippen LogP contribution in [-0.2, 0) is 23.1 Å². The van der Waals surface area contributed by atoms with Gasteiger partial charge in [0.1, 0.15) is 5.75 Å². The van der Waals surface area contributed by atoms with Crippen molar-refractivity contribution in [1.82, 2.24) is 20.4 Å². The predicted octanol–water partition coefficient (Wildman–Crippen LogP) is 2.59. The van der Waals surface area contributed by atoms with Gasteiger partial charge >= 0.3 is 0 Å². The molecule has 2 aromatic rings. The summed E-state index contributed by atoms with van der Waals surface area (Å²) in [5, 5.41) is 10.5. The number of rotatable bonds is 8. The second-order valence-electron chi connectivity index (χ2n) is 7.99. The Hall–Kier alpha value is -2.83. The van der Waals surface area contributed by atoms with Crippen LogP contribution in [0.1, 0.15) is 55.5 Å². The monoisotopic (exact) mass is 398 g/mol. The third kappa shape index (κ3) is 5.16. The van der Waals surface area contributed by atoms with Crippen molar-refractivity contribution in [3.63, 3.8) is 0 Å². The normalized spacial score (nSPS) is 19.7. The van der Waals surface area contributed by atoms with Crippen LogP contribution < -0.4 is 15.4 Å². The molecule has 1 aliphatic heterocycles. The van der Waals surface area contributed by atoms with Crippen LogP contribution in [0.2, 0.25) is 0 Å². The van der Waals surface area contributed by atoms with Crippen LogP contribution in [0, 0.1) is 6.92 Å². The average molecular weight is 399 g/mol. The number of carbonyl (C=O) groups is 2. The lowest BCUT2D eigenvalue weighted by molar-refractivity contribution is -0.123. The van der Waals surface area contributed by atoms with Gasteiger partial charge in [-0.2, -0.15) is 5.10 Å². The summed E-state index contributed by atoms with van der Waals surface area (Å²) in [5.74, 6) is 0.819. The van der Waals surface area contributed by atoms with E-state index in [-0.39, 0.29) is 17.9 Å². The van der Waals surface area contributed by atoms with E-state index in [2.05, 4.69) is 15.7 Å². The van der Waals surface area contributed by atoms with Gasteiger partial charge in [-0.05, 0) is 50.8 Å². The molecule has 0 bridgehead atoms. The number of aromatic nitrogens is 2. The second-order valence-corrected chi connectivity index (χ2v) is 7.99. The second kappa shape index (κ2) is 8.68. The molecular formula is C22H30N4O3. The number of hydrogen-bond donors (Lipinski definition) is 2. The van der Waals surface area contributed by atoms with Gasteiger partial charge in [-0.25, -0.2) is 0 Å². The van der Waals surface area contributed by atoms with Crippen molar-refractivity contribution in [2.75, 3.05) is 7.11 Å². The van der Waals surface area contributed by atoms with Gasteiger partial charge < -0.3 is 15.4 Å². The SMILES string of the molecule is COc1cccc(CC2(CCC(=O)NC(C)c3cn(C)nc3C)CCC(=O)N2)c1. The molecule has 0 spiro atoms. The number of amides is 2. The molecule has 1 saturated heterocycles. The fraction of sp³-hybridized carbons (Fsp3) is 0.500. The first-order chi connectivity index (χ1) is 13.8. The Labute approximate surface area is 171 Å². The summed E-state index contributed by atoms with van der Waals surface area (Å²) < 4.78 is 7.06. The molecular weight excluding hydrogens is 368 g/mol. The third-order valence-corrected chi connectivity index (χ3v) is 5.64. The van der Waals surface area contributed by atoms with Gasteiger partial charge in [0.25, 0.3) is 0 Å². The number of methoxy groups -OCH3 is 1. The molecule has 0 saturated carbocycles. The fourth-order valence-corrected chi connectivity index (χ4v) is 4.14. The zero-order chi connectivity index (χ0) is 21.0. The minimum atomic E-state index is -0.395. The van der Waals surface area contributed by atoms with E-state index in [0.717, 1.165) is 29.0 Å². The number of hydrogen-bond acceptors (Lipinski definition) is 4. The number of carbonyl (C=O) groups excluding carboxylic acids is 2. The molecule has 29 heavy (non-hydrogen) atoms. The maximum atomic E-state index is 12.6. The summed E-state index contributed by atoms with van der Waals surface area (Å²) in [5.41, 5.74) is 2.62. The molecule has 2 N–H and O–H groups in total. The third-order valence-electron chi connectivity index (χ3n) is 5.64. The highest BCUT2D eigenvalue weighted by Crippen LogP contribution is 2.30. The number of nitrogens with zero attached hydrogens (tertiary/aromatic N) is 2. The summed E-state index contributed by atoms with van der Waals surface area (Å²) in [6.07, 6.45) is 4.79. The fourth-order valence-electron chi connectivity index (χ4n) is 4.14. The van der Waals surface area contributed by atoms with Crippen LogP contribution in [0.4, 0.5) is 0 Å². The van der Waals surface area contributed by atoms with E-state index in [1.807, 2.05) is 51.4 Å². The number of aryl methyl sites for hydroxylation is 2. The Morgan fingerprint density at radius 1 is 1.45 bits per heavy atom. The summed E-state index contributed by atoms with van der Waals surface area (Å²) in [7, 11) is 3.51. The first kappa shape index (κ1) is 20.9. The van der Waals surface area contributed by atoms with E-state index in [1.54, 1.807) is 11.8 Å². The topological polar surface area (TPSA) is 85.2 Å². The number of benzene rings is 1. The number of nitrogens with one attached hydrogen (secondary N) is 2. The van der Waals surface area contributed by atoms with Crippen LogP contribution in [0.3, 0.4) is 0 Å². The van der Waals surface area contributed by atoms with Crippen molar-refractivity contribution in [3.8, 4) is 5.75 Å². The van der Waals surface area contributed by atoms with Crippen molar-refractivity contribution in [3.05, 3.63) is 47.3 Å². The largest absolute Gasteiger partial charge is 0.497 e. The standard InChI is InChI=1S/C22H30N4O3/c1-15(19-14-26(3)25-16(19)2)23-20(27)8-10-22(11-9-21(28)24-22)13-17-6-5-7-18(12-17)29-4/h5-7,12,14-15H,8-11,13H2,1-4H3,(H,23,27)(H,24,28). The Morgan fingerprint density at radius 2 is 2.24 bits per heavy atom. The first-order valence-electron chi connectivity index (χ1n) is 10.0. The lowest BCUT2D eigenvalue weighted by atomic mass is 9.85. The van der Waals surface area contributed by atoms with Crippen LogP contribution in [0.25, 0.3) is 0 Å². The van der Waals surface area contributed by atoms with E-state index in [1.165, 1.54) is 0 Å². The highest BCUT2D eigenvalue weighted by atomic mass is 16.5. The Balaban J connectivity index is 1.63. The van der Waals surface area contributed by atoms with E-state index in [0.29, 0.717) is 25.7 Å². The zero-order valence-electron chi connectivity index (χ0n) is 17.6. The van der Waals surface area contributed by atoms with Gasteiger partial charge in [-0.3, -0.25) is 14.3 Å². The highest BCUT2D eigenvalue weighted by molar-refractivity contribution is 5.80. The van der Waals surface area contributed by atoms with Crippen LogP contribution >= 0.6 is 0 Å². The molecule has 1 fully saturated rings. The molecule has 7 nitrogen and oxygen atoms in total. The predicted molar refractivity (Wildman–Crippen MR) is 111 cm³/mol. The van der Waals surface area contributed by atoms with Gasteiger partial charge in [-0.1, -0.05) is 12.1 Å². The summed E-state index contributed by atoms with van der Waals surface area (Å²) in [4.78, 5) is 24.6. The Kier molecular flexibility index (Phi) is 6.25. The van der Waals surface area contributed by atoms with Gasteiger partial charge in [0, 0.05) is 37.2 Å². The molecule has 2 heterocycles. The summed E-state index contributed by atoms with van der Waals surface area (Å²) in [6, 6.07) is 7.76. The van der Waals surface area contributed by atoms with E-state index >= 15 is 0 Å². The average Bonchev–Trinajstić information content (AvgIpc) is 3.22. The van der Waals surface area contributed by atoms with E-state index in [4.69, 9.17) is 4.74 Å². The van der Waals surface area contributed by atoms with Crippen LogP contribution in [0.5, 0.6) is 5.75 Å². The molecule has 3 rings (SSSR count). The van der Waals surface area contributed by atoms with Crippen molar-refractivity contribution in [2.24, 2.45) is 7.05 Å². The van der Waals surface area contributed by atoms with Gasteiger partial charge in [-0.15, -0.1) is 0 Å². The zero-order valence-corrected chi connectivity index (χ0v) is 17.6. The van der Waals surface area contributed by atoms with Gasteiger partial charge in [0.05, 0.1) is 18.8 Å². The van der Waals surface area contributed by atoms with Crippen molar-refractivity contribution in [1.29, 1.82) is 0 Å². The molecule has 1 aliphatic rings. The molecule has 0 aliphatic carbocycles. The summed E-state index contributed by atoms with van der Waals surface area (Å²) in [6.45, 7) is 3.90. The Morgan fingerprint density at radius 3 is 2.86 bits per heavy atom. The smallest absolute Gasteiger partial charge is 0.220 e. The van der Waals surface area contributed by atoms with Gasteiger partial charge in [0.2, 0.25) is 11.8 Å². The van der Waals surface area contributed by atoms with Crippen molar-refractivity contribution >= 4 is 11.8 Å². The maximum absolute atomic E-state index is 12.6. The van der Waals surface area contributed by atoms with E-state index < -0.39 is 5.54 Å². The molecule has 2 atom stereocenters. The quantitative estimate of drug-likeness (QED) is 0.716. The lowest BCUT2D eigenvalue weighted by Crippen LogP contribution is -2.44. The molecule has 2 amide bonds. The van der Waals surface area contributed by atoms with Crippen LogP contribution in [0.15, 0.2) is 30.5 Å². The molecule has 1 aromatic heterocycles. The van der Waals surface area contributed by atoms with Crippen molar-refractivity contribution < 1.29 is 14.3 Å². The Bertz CT molecular complexity index is 892. The maximum Gasteiger partial charge on any atom is 0.220 e. The lowest BCUT2D eigenvalue weighted by Gasteiger charge is -2.29. The van der Waals surface area contributed by atoms with Crippen molar-refractivity contribution in [2.45, 2.75) is 57.5 Å². The molecule has 2 unspecified atom stereocenters. The highest BCUT2D eigenvalue weighted by Gasteiger charge is 2.38. The molecule has 7 heteroatoms. The summed E-state index contributed by atoms with van der Waals surface area (Å²) >= 11 is 0. The number of ether oxygens (including phenoxy) is 1. The van der Waals surface area contributed by atoms with Crippen LogP contribution in [-0.4, -0.2) is 34.2 Å². The molecule has 1 aromatic carbocycles. The van der Waals surface area contributed by atoms with Gasteiger partial charge in [0.15, 0.2) is 0 Å². The minimum absolute atomic E-state index is 0.0214. The minimum Gasteiger partial charge on any atom is -0.497 e. The van der Waals surface area contributed by atoms with E-state index in [9.17, 15) is 9.59 Å². The molecule has 156 valence electrons. The first-order valence-corrected chi connectivity index (χ1v) is 10.0. The molecule has 0 radical (unpaired) electrons.